The molecule has 15 heavy (non-hydrogen) atoms. The summed E-state index contributed by atoms with van der Waals surface area (Å²) in [6.45, 7) is 2.18. The summed E-state index contributed by atoms with van der Waals surface area (Å²) < 4.78 is 6.19. The molecule has 1 unspecified atom stereocenters. The second-order valence-electron chi connectivity index (χ2n) is 3.53. The van der Waals surface area contributed by atoms with Crippen molar-refractivity contribution in [3.8, 4) is 5.75 Å². The largest absolute Gasteiger partial charge is 0.496 e. The predicted molar refractivity (Wildman–Crippen MR) is 69.1 cm³/mol. The molecule has 0 saturated carbocycles. The smallest absolute Gasteiger partial charge is 0.133 e. The van der Waals surface area contributed by atoms with Gasteiger partial charge in [-0.25, -0.2) is 0 Å². The third-order valence-corrected chi connectivity index (χ3v) is 3.46. The molecule has 0 spiro atoms. The third-order valence-electron chi connectivity index (χ3n) is 2.47. The molecule has 0 fully saturated rings. The number of methoxy groups -OCH3 is 1. The Morgan fingerprint density at radius 3 is 2.67 bits per heavy atom. The van der Waals surface area contributed by atoms with E-state index in [2.05, 4.69) is 35.0 Å². The lowest BCUT2D eigenvalue weighted by Crippen LogP contribution is -2.00. The van der Waals surface area contributed by atoms with Crippen molar-refractivity contribution >= 4 is 27.5 Å². The zero-order valence-corrected chi connectivity index (χ0v) is 11.4. The van der Waals surface area contributed by atoms with Crippen LogP contribution in [-0.2, 0) is 0 Å². The second kappa shape index (κ2) is 6.39. The van der Waals surface area contributed by atoms with E-state index < -0.39 is 0 Å². The Balaban J connectivity index is 2.89. The molecule has 0 radical (unpaired) electrons. The average molecular weight is 292 g/mol. The van der Waals surface area contributed by atoms with E-state index in [1.165, 1.54) is 5.56 Å². The quantitative estimate of drug-likeness (QED) is 0.722. The standard InChI is InChI=1S/C12H16BrClO/c1-3-4-10(8-14)9-5-6-12(15-2)11(13)7-9/h5-7,10H,3-4,8H2,1-2H3. The molecule has 0 heterocycles. The highest BCUT2D eigenvalue weighted by atomic mass is 79.9. The topological polar surface area (TPSA) is 9.23 Å². The molecule has 1 aromatic carbocycles. The number of benzene rings is 1. The Hall–Kier alpha value is -0.210. The van der Waals surface area contributed by atoms with Crippen LogP contribution >= 0.6 is 27.5 Å². The van der Waals surface area contributed by atoms with Crippen molar-refractivity contribution in [1.82, 2.24) is 0 Å². The number of halogens is 2. The van der Waals surface area contributed by atoms with E-state index in [-0.39, 0.29) is 0 Å². The Morgan fingerprint density at radius 1 is 1.47 bits per heavy atom. The Labute approximate surface area is 105 Å². The molecule has 0 aromatic heterocycles. The lowest BCUT2D eigenvalue weighted by atomic mass is 9.96. The first-order valence-corrected chi connectivity index (χ1v) is 6.45. The van der Waals surface area contributed by atoms with Crippen LogP contribution in [0.1, 0.15) is 31.2 Å². The molecule has 0 N–H and O–H groups in total. The molecule has 1 atom stereocenters. The van der Waals surface area contributed by atoms with Gasteiger partial charge in [0.15, 0.2) is 0 Å². The molecule has 3 heteroatoms. The first-order chi connectivity index (χ1) is 7.22. The van der Waals surface area contributed by atoms with Gasteiger partial charge in [-0.1, -0.05) is 19.4 Å². The van der Waals surface area contributed by atoms with Crippen LogP contribution in [0.2, 0.25) is 0 Å². The van der Waals surface area contributed by atoms with E-state index in [0.29, 0.717) is 11.8 Å². The van der Waals surface area contributed by atoms with Gasteiger partial charge in [-0.15, -0.1) is 11.6 Å². The van der Waals surface area contributed by atoms with Gasteiger partial charge in [0.25, 0.3) is 0 Å². The summed E-state index contributed by atoms with van der Waals surface area (Å²) in [4.78, 5) is 0. The lowest BCUT2D eigenvalue weighted by molar-refractivity contribution is 0.412. The van der Waals surface area contributed by atoms with E-state index >= 15 is 0 Å². The maximum Gasteiger partial charge on any atom is 0.133 e. The van der Waals surface area contributed by atoms with Gasteiger partial charge in [-0.2, -0.15) is 0 Å². The van der Waals surface area contributed by atoms with E-state index in [1.54, 1.807) is 7.11 Å². The number of alkyl halides is 1. The van der Waals surface area contributed by atoms with Crippen LogP contribution in [0.4, 0.5) is 0 Å². The van der Waals surface area contributed by atoms with Crippen LogP contribution in [0, 0.1) is 0 Å². The van der Waals surface area contributed by atoms with Crippen molar-refractivity contribution in [1.29, 1.82) is 0 Å². The number of hydrogen-bond donors (Lipinski definition) is 0. The van der Waals surface area contributed by atoms with Crippen molar-refractivity contribution in [3.05, 3.63) is 28.2 Å². The highest BCUT2D eigenvalue weighted by Crippen LogP contribution is 2.31. The van der Waals surface area contributed by atoms with Crippen LogP contribution in [-0.4, -0.2) is 13.0 Å². The van der Waals surface area contributed by atoms with E-state index in [1.807, 2.05) is 6.07 Å². The minimum absolute atomic E-state index is 0.443. The molecule has 1 rings (SSSR count). The maximum atomic E-state index is 5.96. The van der Waals surface area contributed by atoms with E-state index in [4.69, 9.17) is 16.3 Å². The first-order valence-electron chi connectivity index (χ1n) is 5.12. The van der Waals surface area contributed by atoms with Gasteiger partial charge in [0.05, 0.1) is 11.6 Å². The molecule has 0 amide bonds. The molecule has 0 saturated heterocycles. The molecule has 1 nitrogen and oxygen atoms in total. The summed E-state index contributed by atoms with van der Waals surface area (Å²) >= 11 is 9.45. The molecular weight excluding hydrogens is 275 g/mol. The predicted octanol–water partition coefficient (Wildman–Crippen LogP) is 4.58. The van der Waals surface area contributed by atoms with Crippen LogP contribution in [0.25, 0.3) is 0 Å². The lowest BCUT2D eigenvalue weighted by Gasteiger charge is -2.14. The SMILES string of the molecule is CCCC(CCl)c1ccc(OC)c(Br)c1. The van der Waals surface area contributed by atoms with Crippen molar-refractivity contribution < 1.29 is 4.74 Å². The van der Waals surface area contributed by atoms with Crippen molar-refractivity contribution in [2.24, 2.45) is 0 Å². The van der Waals surface area contributed by atoms with Gasteiger partial charge in [-0.05, 0) is 46.0 Å². The van der Waals surface area contributed by atoms with E-state index in [0.717, 1.165) is 23.1 Å². The van der Waals surface area contributed by atoms with Gasteiger partial charge >= 0.3 is 0 Å². The zero-order chi connectivity index (χ0) is 11.3. The fourth-order valence-corrected chi connectivity index (χ4v) is 2.51. The highest BCUT2D eigenvalue weighted by molar-refractivity contribution is 9.10. The van der Waals surface area contributed by atoms with Gasteiger partial charge in [-0.3, -0.25) is 0 Å². The van der Waals surface area contributed by atoms with Crippen molar-refractivity contribution in [2.45, 2.75) is 25.7 Å². The normalized spacial score (nSPS) is 12.5. The van der Waals surface area contributed by atoms with E-state index in [9.17, 15) is 0 Å². The first kappa shape index (κ1) is 12.9. The number of hydrogen-bond acceptors (Lipinski definition) is 1. The fraction of sp³-hybridized carbons (Fsp3) is 0.500. The van der Waals surface area contributed by atoms with Crippen LogP contribution in [0.15, 0.2) is 22.7 Å². The Morgan fingerprint density at radius 2 is 2.20 bits per heavy atom. The van der Waals surface area contributed by atoms with Gasteiger partial charge in [0.2, 0.25) is 0 Å². The Kier molecular flexibility index (Phi) is 5.48. The molecule has 1 aromatic rings. The van der Waals surface area contributed by atoms with Crippen LogP contribution < -0.4 is 4.74 Å². The fourth-order valence-electron chi connectivity index (χ4n) is 1.62. The average Bonchev–Trinajstić information content (AvgIpc) is 2.25. The van der Waals surface area contributed by atoms with Crippen molar-refractivity contribution in [3.63, 3.8) is 0 Å². The minimum atomic E-state index is 0.443. The zero-order valence-electron chi connectivity index (χ0n) is 9.09. The van der Waals surface area contributed by atoms with Crippen LogP contribution in [0.5, 0.6) is 5.75 Å². The maximum absolute atomic E-state index is 5.96. The molecule has 0 bridgehead atoms. The highest BCUT2D eigenvalue weighted by Gasteiger charge is 2.11. The number of rotatable bonds is 5. The second-order valence-corrected chi connectivity index (χ2v) is 4.70. The molecule has 84 valence electrons. The summed E-state index contributed by atoms with van der Waals surface area (Å²) in [7, 11) is 1.67. The van der Waals surface area contributed by atoms with Gasteiger partial charge in [0.1, 0.15) is 5.75 Å². The van der Waals surface area contributed by atoms with Gasteiger partial charge in [0, 0.05) is 5.88 Å². The minimum Gasteiger partial charge on any atom is -0.496 e. The summed E-state index contributed by atoms with van der Waals surface area (Å²) in [5.74, 6) is 1.98. The molecule has 0 aliphatic carbocycles. The summed E-state index contributed by atoms with van der Waals surface area (Å²) in [6, 6.07) is 6.17. The monoisotopic (exact) mass is 290 g/mol. The summed E-state index contributed by atoms with van der Waals surface area (Å²) in [5, 5.41) is 0. The summed E-state index contributed by atoms with van der Waals surface area (Å²) in [6.07, 6.45) is 2.28. The van der Waals surface area contributed by atoms with Crippen molar-refractivity contribution in [2.75, 3.05) is 13.0 Å². The summed E-state index contributed by atoms with van der Waals surface area (Å²) in [5.41, 5.74) is 1.28. The number of ether oxygens (including phenoxy) is 1. The molecular formula is C12H16BrClO. The van der Waals surface area contributed by atoms with Crippen LogP contribution in [0.3, 0.4) is 0 Å². The molecule has 0 aliphatic heterocycles. The van der Waals surface area contributed by atoms with Gasteiger partial charge < -0.3 is 4.74 Å². The Bertz CT molecular complexity index is 314. The third kappa shape index (κ3) is 3.39. The molecule has 0 aliphatic rings.